The molecule has 0 aromatic heterocycles. The Morgan fingerprint density at radius 2 is 0.736 bits per heavy atom. The summed E-state index contributed by atoms with van der Waals surface area (Å²) in [6.45, 7) is 0. The van der Waals surface area contributed by atoms with Crippen molar-refractivity contribution in [2.45, 2.75) is 0 Å². The van der Waals surface area contributed by atoms with E-state index >= 15 is 0 Å². The molecule has 0 bridgehead atoms. The van der Waals surface area contributed by atoms with Gasteiger partial charge >= 0.3 is 0 Å². The van der Waals surface area contributed by atoms with E-state index < -0.39 is 35.1 Å². The molecule has 6 N–H and O–H groups in total. The van der Waals surface area contributed by atoms with Gasteiger partial charge in [0.25, 0.3) is 23.6 Å². The lowest BCUT2D eigenvalue weighted by molar-refractivity contribution is 0.101. The summed E-state index contributed by atoms with van der Waals surface area (Å²) >= 11 is 25.1. The summed E-state index contributed by atoms with van der Waals surface area (Å²) in [5.74, 6) is -3.35. The number of phenolic OH excluding ortho intramolecular Hbond substituents is 2. The molecule has 0 spiro atoms. The number of nitrogens with one attached hydrogen (secondary N) is 4. The highest BCUT2D eigenvalue weighted by Gasteiger charge is 2.23. The van der Waals surface area contributed by atoms with E-state index in [0.717, 1.165) is 0 Å². The van der Waals surface area contributed by atoms with Crippen LogP contribution in [0.5, 0.6) is 11.5 Å². The van der Waals surface area contributed by atoms with E-state index in [2.05, 4.69) is 41.7 Å². The molecule has 0 radical (unpaired) electrons. The standard InChI is InChI=1S/C54H34Cl4N8O6/c55-33-13-21-43(57)45(27-33)63-65-47-39-19-11-29(51(69)59-35-7-3-1-4-8-35)23-31(39)25-41(49(47)67)53(71)61-37-15-17-38(18-16-37)62-54(72)42-26-32-24-30(52(70)60-36-9-5-2-6-10-36)12-20-40(32)48(50(42)68)66-64-46-28-34(56)14-22-44(46)58/h1-28,67-68H,(H,59,69)(H,60,70)(H,61,71)(H,62,72). The molecule has 0 saturated heterocycles. The number of aromatic hydroxyl groups is 2. The van der Waals surface area contributed by atoms with Crippen LogP contribution >= 0.6 is 46.4 Å². The quantitative estimate of drug-likeness (QED) is 0.0656. The molecule has 9 aromatic rings. The number of amides is 4. The van der Waals surface area contributed by atoms with Crippen molar-refractivity contribution in [3.63, 3.8) is 0 Å². The first-order valence-electron chi connectivity index (χ1n) is 21.6. The molecule has 0 saturated carbocycles. The molecule has 0 atom stereocenters. The van der Waals surface area contributed by atoms with Gasteiger partial charge in [0.15, 0.2) is 11.5 Å². The highest BCUT2D eigenvalue weighted by Crippen LogP contribution is 2.43. The lowest BCUT2D eigenvalue weighted by Crippen LogP contribution is -2.14. The summed E-state index contributed by atoms with van der Waals surface area (Å²) in [5, 5.41) is 54.1. The summed E-state index contributed by atoms with van der Waals surface area (Å²) in [5.41, 5.74) is 2.05. The zero-order valence-electron chi connectivity index (χ0n) is 37.0. The van der Waals surface area contributed by atoms with E-state index in [0.29, 0.717) is 43.0 Å². The SMILES string of the molecule is O=C(Nc1ccccc1)c1ccc2c(N=Nc3cc(Cl)ccc3Cl)c(O)c(C(=O)Nc3ccc(NC(=O)c4cc5cc(C(=O)Nc6ccccc6)ccc5c(N=Nc5cc(Cl)ccc5Cl)c4O)cc3)cc2c1. The third-order valence-electron chi connectivity index (χ3n) is 11.0. The fourth-order valence-electron chi connectivity index (χ4n) is 7.40. The van der Waals surface area contributed by atoms with Crippen molar-refractivity contribution in [2.24, 2.45) is 20.5 Å². The highest BCUT2D eigenvalue weighted by molar-refractivity contribution is 6.35. The van der Waals surface area contributed by atoms with Crippen molar-refractivity contribution < 1.29 is 29.4 Å². The van der Waals surface area contributed by atoms with Crippen molar-refractivity contribution >= 4 is 137 Å². The number of phenols is 2. The summed E-state index contributed by atoms with van der Waals surface area (Å²) < 4.78 is 0. The summed E-state index contributed by atoms with van der Waals surface area (Å²) in [4.78, 5) is 54.6. The first kappa shape index (κ1) is 48.4. The first-order valence-corrected chi connectivity index (χ1v) is 23.1. The number of nitrogens with zero attached hydrogens (tertiary/aromatic N) is 4. The van der Waals surface area contributed by atoms with Gasteiger partial charge in [0, 0.05) is 54.7 Å². The minimum absolute atomic E-state index is 0.0803. The van der Waals surface area contributed by atoms with Crippen LogP contribution < -0.4 is 21.3 Å². The van der Waals surface area contributed by atoms with Gasteiger partial charge in [-0.05, 0) is 132 Å². The average Bonchev–Trinajstić information content (AvgIpc) is 3.38. The maximum atomic E-state index is 14.0. The Morgan fingerprint density at radius 1 is 0.375 bits per heavy atom. The zero-order valence-corrected chi connectivity index (χ0v) is 40.0. The highest BCUT2D eigenvalue weighted by atomic mass is 35.5. The van der Waals surface area contributed by atoms with E-state index in [9.17, 15) is 29.4 Å². The third kappa shape index (κ3) is 10.9. The van der Waals surface area contributed by atoms with Crippen LogP contribution in [-0.2, 0) is 0 Å². The lowest BCUT2D eigenvalue weighted by atomic mass is 10.00. The van der Waals surface area contributed by atoms with Gasteiger partial charge < -0.3 is 31.5 Å². The van der Waals surface area contributed by atoms with Crippen LogP contribution in [0, 0.1) is 0 Å². The number of hydrogen-bond donors (Lipinski definition) is 6. The zero-order chi connectivity index (χ0) is 50.5. The van der Waals surface area contributed by atoms with Crippen molar-refractivity contribution in [2.75, 3.05) is 21.3 Å². The minimum Gasteiger partial charge on any atom is -0.505 e. The summed E-state index contributed by atoms with van der Waals surface area (Å²) in [6.07, 6.45) is 0. The number of azo groups is 2. The normalized spacial score (nSPS) is 11.3. The van der Waals surface area contributed by atoms with Gasteiger partial charge in [0.05, 0.1) is 21.2 Å². The van der Waals surface area contributed by atoms with Gasteiger partial charge in [-0.2, -0.15) is 0 Å². The van der Waals surface area contributed by atoms with Crippen molar-refractivity contribution in [1.82, 2.24) is 0 Å². The molecule has 0 aliphatic heterocycles. The van der Waals surface area contributed by atoms with E-state index in [1.165, 1.54) is 60.7 Å². The molecular weight excluding hydrogens is 998 g/mol. The molecule has 9 aromatic carbocycles. The number of rotatable bonds is 12. The smallest absolute Gasteiger partial charge is 0.259 e. The number of fused-ring (bicyclic) bond motifs is 2. The molecule has 18 heteroatoms. The second kappa shape index (κ2) is 21.1. The Kier molecular flexibility index (Phi) is 14.2. The Labute approximate surface area is 429 Å². The Morgan fingerprint density at radius 3 is 1.12 bits per heavy atom. The number of carbonyl (C=O) groups excluding carboxylic acids is 4. The van der Waals surface area contributed by atoms with Gasteiger partial charge in [-0.3, -0.25) is 19.2 Å². The first-order chi connectivity index (χ1) is 34.8. The van der Waals surface area contributed by atoms with Crippen LogP contribution in [0.1, 0.15) is 41.4 Å². The average molecular weight is 1030 g/mol. The number of hydrogen-bond acceptors (Lipinski definition) is 10. The molecule has 0 fully saturated rings. The minimum atomic E-state index is -0.749. The maximum absolute atomic E-state index is 14.0. The molecule has 0 unspecified atom stereocenters. The van der Waals surface area contributed by atoms with Crippen molar-refractivity contribution in [1.29, 1.82) is 0 Å². The van der Waals surface area contributed by atoms with Crippen molar-refractivity contribution in [3.05, 3.63) is 212 Å². The largest absolute Gasteiger partial charge is 0.505 e. The van der Waals surface area contributed by atoms with E-state index in [1.54, 1.807) is 97.1 Å². The predicted octanol–water partition coefficient (Wildman–Crippen LogP) is 15.9. The van der Waals surface area contributed by atoms with Gasteiger partial charge in [-0.25, -0.2) is 0 Å². The van der Waals surface area contributed by atoms with Gasteiger partial charge in [-0.15, -0.1) is 20.5 Å². The second-order valence-corrected chi connectivity index (χ2v) is 17.5. The van der Waals surface area contributed by atoms with Gasteiger partial charge in [0.1, 0.15) is 22.7 Å². The number of carbonyl (C=O) groups is 4. The molecule has 4 amide bonds. The second-order valence-electron chi connectivity index (χ2n) is 15.8. The number of anilines is 4. The Bertz CT molecular complexity index is 3450. The van der Waals surface area contributed by atoms with E-state index in [1.807, 2.05) is 12.1 Å². The fourth-order valence-corrected chi connectivity index (χ4v) is 8.04. The van der Waals surface area contributed by atoms with Crippen LogP contribution in [0.15, 0.2) is 190 Å². The van der Waals surface area contributed by atoms with Gasteiger partial charge in [0.2, 0.25) is 0 Å². The number of para-hydroxylation sites is 2. The molecule has 0 heterocycles. The Hall–Kier alpha value is -8.66. The topological polar surface area (TPSA) is 206 Å². The summed E-state index contributed by atoms with van der Waals surface area (Å²) in [6, 6.07) is 45.2. The predicted molar refractivity (Wildman–Crippen MR) is 284 cm³/mol. The third-order valence-corrected chi connectivity index (χ3v) is 12.1. The molecule has 0 aliphatic carbocycles. The summed E-state index contributed by atoms with van der Waals surface area (Å²) in [7, 11) is 0. The van der Waals surface area contributed by atoms with E-state index in [4.69, 9.17) is 46.4 Å². The lowest BCUT2D eigenvalue weighted by Gasteiger charge is -2.14. The molecular formula is C54H34Cl4N8O6. The molecule has 72 heavy (non-hydrogen) atoms. The van der Waals surface area contributed by atoms with E-state index in [-0.39, 0.29) is 66.4 Å². The molecule has 9 rings (SSSR count). The molecule has 14 nitrogen and oxygen atoms in total. The van der Waals surface area contributed by atoms with Crippen LogP contribution in [0.2, 0.25) is 20.1 Å². The number of benzene rings is 9. The monoisotopic (exact) mass is 1030 g/mol. The van der Waals surface area contributed by atoms with Crippen molar-refractivity contribution in [3.8, 4) is 11.5 Å². The van der Waals surface area contributed by atoms with Gasteiger partial charge in [-0.1, -0.05) is 94.9 Å². The fraction of sp³-hybridized carbons (Fsp3) is 0. The van der Waals surface area contributed by atoms with Crippen LogP contribution in [0.25, 0.3) is 21.5 Å². The van der Waals surface area contributed by atoms with Crippen LogP contribution in [-0.4, -0.2) is 33.8 Å². The molecule has 0 aliphatic rings. The Balaban J connectivity index is 0.998. The number of halogens is 4. The maximum Gasteiger partial charge on any atom is 0.259 e. The van der Waals surface area contributed by atoms with Crippen LogP contribution in [0.4, 0.5) is 45.5 Å². The molecule has 354 valence electrons. The van der Waals surface area contributed by atoms with Crippen LogP contribution in [0.3, 0.4) is 0 Å².